The zero-order chi connectivity index (χ0) is 26.4. The number of hydrogen-bond acceptors (Lipinski definition) is 5. The number of benzene rings is 1. The molecule has 8 nitrogen and oxygen atoms in total. The molecule has 0 bridgehead atoms. The molecular formula is C27H33FN4O4. The van der Waals surface area contributed by atoms with Gasteiger partial charge in [0.2, 0.25) is 5.88 Å². The van der Waals surface area contributed by atoms with Gasteiger partial charge in [0.15, 0.2) is 0 Å². The van der Waals surface area contributed by atoms with Gasteiger partial charge >= 0.3 is 6.03 Å². The zero-order valence-corrected chi connectivity index (χ0v) is 21.3. The summed E-state index contributed by atoms with van der Waals surface area (Å²) in [5.41, 5.74) is 1.34. The second kappa shape index (κ2) is 11.9. The molecule has 0 spiro atoms. The van der Waals surface area contributed by atoms with Gasteiger partial charge in [0.1, 0.15) is 17.5 Å². The summed E-state index contributed by atoms with van der Waals surface area (Å²) in [6.45, 7) is 7.90. The first-order chi connectivity index (χ1) is 17.1. The van der Waals surface area contributed by atoms with Crippen LogP contribution in [0.2, 0.25) is 0 Å². The van der Waals surface area contributed by atoms with Crippen molar-refractivity contribution in [3.63, 3.8) is 0 Å². The largest absolute Gasteiger partial charge is 0.472 e. The number of rotatable bonds is 5. The predicted octanol–water partition coefficient (Wildman–Crippen LogP) is 2.89. The molecule has 0 saturated heterocycles. The standard InChI is InChI=1S/C27H33FN4O4/c1-17(2)30-27(35)31(5)15-24-18(3)14-32(19(4)16-33)26(34)23-12-21(13-29-25(23)36-24)7-6-20-8-10-22(28)11-9-20/h8-13,17-19,24,33H,14-16H2,1-5H3,(H,30,35)/t18-,19-,24+/m1/s1. The summed E-state index contributed by atoms with van der Waals surface area (Å²) in [7, 11) is 1.69. The molecule has 0 fully saturated rings. The molecule has 3 amide bonds. The molecule has 1 aromatic carbocycles. The monoisotopic (exact) mass is 496 g/mol. The molecule has 1 aliphatic heterocycles. The van der Waals surface area contributed by atoms with Crippen LogP contribution in [0.15, 0.2) is 36.5 Å². The number of pyridine rings is 1. The molecule has 0 aliphatic carbocycles. The number of hydrogen-bond donors (Lipinski definition) is 2. The summed E-state index contributed by atoms with van der Waals surface area (Å²) in [4.78, 5) is 33.5. The fourth-order valence-electron chi connectivity index (χ4n) is 3.78. The van der Waals surface area contributed by atoms with Gasteiger partial charge in [-0.25, -0.2) is 14.2 Å². The van der Waals surface area contributed by atoms with E-state index in [0.717, 1.165) is 0 Å². The number of amides is 3. The molecule has 0 unspecified atom stereocenters. The molecule has 1 aliphatic rings. The lowest BCUT2D eigenvalue weighted by atomic mass is 10.00. The van der Waals surface area contributed by atoms with Crippen molar-refractivity contribution in [3.8, 4) is 17.7 Å². The maximum atomic E-state index is 13.5. The molecule has 3 rings (SSSR count). The fourth-order valence-corrected chi connectivity index (χ4v) is 3.78. The van der Waals surface area contributed by atoms with Gasteiger partial charge in [-0.05, 0) is 51.1 Å². The van der Waals surface area contributed by atoms with Gasteiger partial charge in [-0.3, -0.25) is 4.79 Å². The SMILES string of the molecule is CC(C)NC(=O)N(C)C[C@@H]1Oc2ncc(C#Cc3ccc(F)cc3)cc2C(=O)N([C@H](C)CO)C[C@H]1C. The van der Waals surface area contributed by atoms with E-state index in [-0.39, 0.29) is 54.3 Å². The summed E-state index contributed by atoms with van der Waals surface area (Å²) in [5, 5.41) is 12.7. The van der Waals surface area contributed by atoms with E-state index in [1.807, 2.05) is 20.8 Å². The third-order valence-electron chi connectivity index (χ3n) is 5.93. The Balaban J connectivity index is 1.95. The molecule has 3 atom stereocenters. The molecule has 1 aromatic heterocycles. The van der Waals surface area contributed by atoms with E-state index >= 15 is 0 Å². The average Bonchev–Trinajstić information content (AvgIpc) is 2.84. The van der Waals surface area contributed by atoms with Crippen LogP contribution < -0.4 is 10.1 Å². The second-order valence-corrected chi connectivity index (χ2v) is 9.44. The second-order valence-electron chi connectivity index (χ2n) is 9.44. The maximum Gasteiger partial charge on any atom is 0.317 e. The first-order valence-electron chi connectivity index (χ1n) is 12.0. The Hall–Kier alpha value is -3.64. The lowest BCUT2D eigenvalue weighted by molar-refractivity contribution is 0.0351. The smallest absolute Gasteiger partial charge is 0.317 e. The van der Waals surface area contributed by atoms with Crippen LogP contribution in [0, 0.1) is 23.6 Å². The Bertz CT molecular complexity index is 1140. The van der Waals surface area contributed by atoms with Crippen molar-refractivity contribution in [1.29, 1.82) is 0 Å². The van der Waals surface area contributed by atoms with Crippen molar-refractivity contribution in [2.75, 3.05) is 26.7 Å². The molecule has 2 heterocycles. The topological polar surface area (TPSA) is 95.0 Å². The van der Waals surface area contributed by atoms with Gasteiger partial charge in [0.05, 0.1) is 19.2 Å². The number of nitrogens with one attached hydrogen (secondary N) is 1. The number of ether oxygens (including phenoxy) is 1. The summed E-state index contributed by atoms with van der Waals surface area (Å²) in [6.07, 6.45) is 1.07. The van der Waals surface area contributed by atoms with Gasteiger partial charge in [0.25, 0.3) is 5.91 Å². The van der Waals surface area contributed by atoms with E-state index in [4.69, 9.17) is 4.74 Å². The molecule has 0 saturated carbocycles. The number of likely N-dealkylation sites (N-methyl/N-ethyl adjacent to an activating group) is 1. The number of aromatic nitrogens is 1. The Morgan fingerprint density at radius 2 is 1.94 bits per heavy atom. The van der Waals surface area contributed by atoms with Crippen LogP contribution in [0.25, 0.3) is 0 Å². The zero-order valence-electron chi connectivity index (χ0n) is 21.3. The molecule has 36 heavy (non-hydrogen) atoms. The van der Waals surface area contributed by atoms with E-state index in [1.54, 1.807) is 42.0 Å². The minimum absolute atomic E-state index is 0.00836. The Morgan fingerprint density at radius 3 is 2.58 bits per heavy atom. The first kappa shape index (κ1) is 27.0. The maximum absolute atomic E-state index is 13.5. The lowest BCUT2D eigenvalue weighted by Crippen LogP contribution is -2.51. The number of halogens is 1. The highest BCUT2D eigenvalue weighted by atomic mass is 19.1. The fraction of sp³-hybridized carbons (Fsp3) is 0.444. The minimum Gasteiger partial charge on any atom is -0.472 e. The summed E-state index contributed by atoms with van der Waals surface area (Å²) < 4.78 is 19.4. The molecule has 2 N–H and O–H groups in total. The van der Waals surface area contributed by atoms with Crippen LogP contribution in [0.4, 0.5) is 9.18 Å². The van der Waals surface area contributed by atoms with Crippen LogP contribution in [0.1, 0.15) is 49.2 Å². The van der Waals surface area contributed by atoms with E-state index in [2.05, 4.69) is 22.1 Å². The van der Waals surface area contributed by atoms with Crippen LogP contribution in [-0.2, 0) is 0 Å². The van der Waals surface area contributed by atoms with Crippen LogP contribution in [0.5, 0.6) is 5.88 Å². The Morgan fingerprint density at radius 1 is 1.28 bits per heavy atom. The number of aliphatic hydroxyl groups excluding tert-OH is 1. The Labute approximate surface area is 211 Å². The number of carbonyl (C=O) groups is 2. The summed E-state index contributed by atoms with van der Waals surface area (Å²) in [5.74, 6) is 5.23. The normalized spacial score (nSPS) is 18.2. The number of fused-ring (bicyclic) bond motifs is 1. The number of urea groups is 1. The van der Waals surface area contributed by atoms with Crippen LogP contribution in [0.3, 0.4) is 0 Å². The average molecular weight is 497 g/mol. The highest BCUT2D eigenvalue weighted by Crippen LogP contribution is 2.27. The first-order valence-corrected chi connectivity index (χ1v) is 12.0. The van der Waals surface area contributed by atoms with Crippen molar-refractivity contribution in [2.45, 2.75) is 45.9 Å². The van der Waals surface area contributed by atoms with Crippen molar-refractivity contribution in [3.05, 3.63) is 59.0 Å². The molecule has 9 heteroatoms. The van der Waals surface area contributed by atoms with Gasteiger partial charge in [0, 0.05) is 42.9 Å². The number of carbonyl (C=O) groups excluding carboxylic acids is 2. The highest BCUT2D eigenvalue weighted by molar-refractivity contribution is 5.97. The van der Waals surface area contributed by atoms with Gasteiger partial charge in [-0.15, -0.1) is 0 Å². The third-order valence-corrected chi connectivity index (χ3v) is 5.93. The molecule has 2 aromatic rings. The van der Waals surface area contributed by atoms with Gasteiger partial charge in [-0.2, -0.15) is 0 Å². The van der Waals surface area contributed by atoms with Gasteiger partial charge in [-0.1, -0.05) is 18.8 Å². The number of aliphatic hydroxyl groups is 1. The molecular weight excluding hydrogens is 463 g/mol. The molecule has 192 valence electrons. The third kappa shape index (κ3) is 6.73. The minimum atomic E-state index is -0.447. The molecule has 0 radical (unpaired) electrons. The number of nitrogens with zero attached hydrogens (tertiary/aromatic N) is 3. The summed E-state index contributed by atoms with van der Waals surface area (Å²) >= 11 is 0. The summed E-state index contributed by atoms with van der Waals surface area (Å²) in [6, 6.07) is 6.75. The van der Waals surface area contributed by atoms with E-state index < -0.39 is 12.1 Å². The van der Waals surface area contributed by atoms with E-state index in [9.17, 15) is 19.1 Å². The lowest BCUT2D eigenvalue weighted by Gasteiger charge is -2.37. The van der Waals surface area contributed by atoms with Crippen molar-refractivity contribution >= 4 is 11.9 Å². The highest BCUT2D eigenvalue weighted by Gasteiger charge is 2.34. The van der Waals surface area contributed by atoms with E-state index in [0.29, 0.717) is 17.7 Å². The van der Waals surface area contributed by atoms with E-state index in [1.165, 1.54) is 18.3 Å². The quantitative estimate of drug-likeness (QED) is 0.621. The van der Waals surface area contributed by atoms with Gasteiger partial charge < -0.3 is 25.0 Å². The van der Waals surface area contributed by atoms with Crippen molar-refractivity contribution in [1.82, 2.24) is 20.1 Å². The van der Waals surface area contributed by atoms with Crippen LogP contribution in [-0.4, -0.2) is 76.8 Å². The van der Waals surface area contributed by atoms with Crippen molar-refractivity contribution < 1.29 is 23.8 Å². The predicted molar refractivity (Wildman–Crippen MR) is 134 cm³/mol. The Kier molecular flexibility index (Phi) is 8.88. The van der Waals surface area contributed by atoms with Crippen molar-refractivity contribution in [2.24, 2.45) is 5.92 Å². The van der Waals surface area contributed by atoms with Crippen LogP contribution >= 0.6 is 0 Å².